The van der Waals surface area contributed by atoms with Gasteiger partial charge in [-0.15, -0.1) is 11.3 Å². The summed E-state index contributed by atoms with van der Waals surface area (Å²) >= 11 is 1.44. The Morgan fingerprint density at radius 2 is 1.87 bits per heavy atom. The van der Waals surface area contributed by atoms with Crippen LogP contribution < -0.4 is 5.73 Å². The molecule has 0 saturated carbocycles. The zero-order valence-corrected chi connectivity index (χ0v) is 8.87. The molecule has 0 spiro atoms. The predicted octanol–water partition coefficient (Wildman–Crippen LogP) is 3.58. The van der Waals surface area contributed by atoms with Gasteiger partial charge in [-0.05, 0) is 36.2 Å². The zero-order valence-electron chi connectivity index (χ0n) is 8.05. The third-order valence-electron chi connectivity index (χ3n) is 2.17. The number of halogens is 2. The molecule has 1 nitrogen and oxygen atoms in total. The first-order valence-corrected chi connectivity index (χ1v) is 5.21. The Kier molecular flexibility index (Phi) is 2.44. The molecule has 1 heterocycles. The van der Waals surface area contributed by atoms with Crippen LogP contribution in [0.15, 0.2) is 24.3 Å². The third kappa shape index (κ3) is 1.85. The summed E-state index contributed by atoms with van der Waals surface area (Å²) in [5, 5.41) is 0.673. The quantitative estimate of drug-likeness (QED) is 0.788. The monoisotopic (exact) mass is 225 g/mol. The molecular weight excluding hydrogens is 216 g/mol. The van der Waals surface area contributed by atoms with Crippen molar-refractivity contribution in [2.45, 2.75) is 6.92 Å². The van der Waals surface area contributed by atoms with E-state index in [9.17, 15) is 8.78 Å². The van der Waals surface area contributed by atoms with Gasteiger partial charge in [0.2, 0.25) is 0 Å². The van der Waals surface area contributed by atoms with Crippen molar-refractivity contribution in [1.29, 1.82) is 0 Å². The fourth-order valence-electron chi connectivity index (χ4n) is 1.46. The average molecular weight is 225 g/mol. The number of aryl methyl sites for hydroxylation is 1. The number of nitrogens with two attached hydrogens (primary N) is 1. The van der Waals surface area contributed by atoms with E-state index in [0.29, 0.717) is 10.6 Å². The number of benzene rings is 1. The maximum Gasteiger partial charge on any atom is 0.159 e. The molecule has 0 amide bonds. The van der Waals surface area contributed by atoms with E-state index < -0.39 is 11.6 Å². The number of anilines is 1. The normalized spacial score (nSPS) is 10.6. The molecule has 2 aromatic rings. The van der Waals surface area contributed by atoms with Gasteiger partial charge in [0.1, 0.15) is 0 Å². The van der Waals surface area contributed by atoms with E-state index in [1.54, 1.807) is 12.1 Å². The number of rotatable bonds is 1. The molecule has 0 aliphatic carbocycles. The number of thiophene rings is 1. The molecule has 2 rings (SSSR count). The Morgan fingerprint density at radius 1 is 1.13 bits per heavy atom. The first-order chi connectivity index (χ1) is 7.08. The first kappa shape index (κ1) is 10.1. The molecule has 15 heavy (non-hydrogen) atoms. The van der Waals surface area contributed by atoms with Gasteiger partial charge in [0, 0.05) is 4.88 Å². The minimum absolute atomic E-state index is 0.652. The predicted molar refractivity (Wildman–Crippen MR) is 58.8 cm³/mol. The molecule has 0 atom stereocenters. The van der Waals surface area contributed by atoms with Crippen molar-refractivity contribution in [2.24, 2.45) is 0 Å². The van der Waals surface area contributed by atoms with Crippen LogP contribution in [0.4, 0.5) is 13.8 Å². The van der Waals surface area contributed by atoms with Crippen molar-refractivity contribution in [3.63, 3.8) is 0 Å². The van der Waals surface area contributed by atoms with Gasteiger partial charge in [0.15, 0.2) is 11.6 Å². The van der Waals surface area contributed by atoms with Crippen LogP contribution in [-0.2, 0) is 0 Å². The van der Waals surface area contributed by atoms with Crippen molar-refractivity contribution >= 4 is 16.3 Å². The van der Waals surface area contributed by atoms with Crippen LogP contribution in [0.25, 0.3) is 11.1 Å². The second kappa shape index (κ2) is 3.62. The van der Waals surface area contributed by atoms with Crippen molar-refractivity contribution in [2.75, 3.05) is 5.73 Å². The largest absolute Gasteiger partial charge is 0.391 e. The molecule has 4 heteroatoms. The highest BCUT2D eigenvalue weighted by Gasteiger charge is 2.08. The van der Waals surface area contributed by atoms with Crippen LogP contribution in [-0.4, -0.2) is 0 Å². The Hall–Kier alpha value is -1.42. The molecule has 0 aliphatic rings. The third-order valence-corrected chi connectivity index (χ3v) is 3.05. The highest BCUT2D eigenvalue weighted by atomic mass is 32.1. The highest BCUT2D eigenvalue weighted by molar-refractivity contribution is 7.16. The lowest BCUT2D eigenvalue weighted by atomic mass is 10.1. The van der Waals surface area contributed by atoms with Crippen LogP contribution in [0, 0.1) is 18.6 Å². The lowest BCUT2D eigenvalue weighted by Crippen LogP contribution is -1.85. The summed E-state index contributed by atoms with van der Waals surface area (Å²) in [7, 11) is 0. The van der Waals surface area contributed by atoms with Crippen molar-refractivity contribution in [3.8, 4) is 11.1 Å². The van der Waals surface area contributed by atoms with Crippen molar-refractivity contribution in [3.05, 3.63) is 40.8 Å². The summed E-state index contributed by atoms with van der Waals surface area (Å²) < 4.78 is 25.7. The van der Waals surface area contributed by atoms with Gasteiger partial charge in [-0.3, -0.25) is 0 Å². The Bertz CT molecular complexity index is 505. The number of hydrogen-bond acceptors (Lipinski definition) is 2. The Labute approximate surface area is 90.2 Å². The van der Waals surface area contributed by atoms with Gasteiger partial charge in [0.05, 0.1) is 5.00 Å². The molecule has 78 valence electrons. The molecule has 0 bridgehead atoms. The summed E-state index contributed by atoms with van der Waals surface area (Å²) in [6, 6.07) is 5.63. The highest BCUT2D eigenvalue weighted by Crippen LogP contribution is 2.32. The van der Waals surface area contributed by atoms with E-state index in [0.717, 1.165) is 16.5 Å². The summed E-state index contributed by atoms with van der Waals surface area (Å²) in [4.78, 5) is 0.999. The van der Waals surface area contributed by atoms with Gasteiger partial charge in [-0.2, -0.15) is 0 Å². The van der Waals surface area contributed by atoms with E-state index in [1.807, 2.05) is 6.92 Å². The van der Waals surface area contributed by atoms with Crippen LogP contribution in [0.2, 0.25) is 0 Å². The van der Waals surface area contributed by atoms with E-state index in [-0.39, 0.29) is 0 Å². The number of hydrogen-bond donors (Lipinski definition) is 1. The topological polar surface area (TPSA) is 26.0 Å². The molecule has 1 aromatic heterocycles. The SMILES string of the molecule is Cc1sc(N)cc1-c1ccc(F)c(F)c1. The first-order valence-electron chi connectivity index (χ1n) is 4.39. The fourth-order valence-corrected chi connectivity index (χ4v) is 2.27. The second-order valence-electron chi connectivity index (χ2n) is 3.25. The average Bonchev–Trinajstić information content (AvgIpc) is 2.50. The molecule has 0 saturated heterocycles. The molecule has 0 aliphatic heterocycles. The Morgan fingerprint density at radius 3 is 2.40 bits per heavy atom. The minimum Gasteiger partial charge on any atom is -0.391 e. The van der Waals surface area contributed by atoms with Crippen LogP contribution >= 0.6 is 11.3 Å². The lowest BCUT2D eigenvalue weighted by molar-refractivity contribution is 0.509. The lowest BCUT2D eigenvalue weighted by Gasteiger charge is -2.00. The molecule has 0 radical (unpaired) electrons. The minimum atomic E-state index is -0.836. The molecular formula is C11H9F2NS. The molecule has 2 N–H and O–H groups in total. The van der Waals surface area contributed by atoms with Gasteiger partial charge < -0.3 is 5.73 Å². The molecule has 0 fully saturated rings. The van der Waals surface area contributed by atoms with Gasteiger partial charge in [-0.25, -0.2) is 8.78 Å². The van der Waals surface area contributed by atoms with Gasteiger partial charge >= 0.3 is 0 Å². The summed E-state index contributed by atoms with van der Waals surface area (Å²) in [6.07, 6.45) is 0. The van der Waals surface area contributed by atoms with Crippen molar-refractivity contribution < 1.29 is 8.78 Å². The van der Waals surface area contributed by atoms with Crippen LogP contribution in [0.5, 0.6) is 0 Å². The van der Waals surface area contributed by atoms with Crippen LogP contribution in [0.3, 0.4) is 0 Å². The summed E-state index contributed by atoms with van der Waals surface area (Å²) in [5.74, 6) is -1.67. The van der Waals surface area contributed by atoms with E-state index in [1.165, 1.54) is 17.4 Å². The number of nitrogen functional groups attached to an aromatic ring is 1. The van der Waals surface area contributed by atoms with E-state index in [2.05, 4.69) is 0 Å². The van der Waals surface area contributed by atoms with Gasteiger partial charge in [0.25, 0.3) is 0 Å². The maximum atomic E-state index is 13.0. The smallest absolute Gasteiger partial charge is 0.159 e. The fraction of sp³-hybridized carbons (Fsp3) is 0.0909. The standard InChI is InChI=1S/C11H9F2NS/c1-6-8(5-11(14)15-6)7-2-3-9(12)10(13)4-7/h2-5H,14H2,1H3. The van der Waals surface area contributed by atoms with Gasteiger partial charge in [-0.1, -0.05) is 6.07 Å². The summed E-state index contributed by atoms with van der Waals surface area (Å²) in [5.41, 5.74) is 7.15. The van der Waals surface area contributed by atoms with Crippen LogP contribution in [0.1, 0.15) is 4.88 Å². The van der Waals surface area contributed by atoms with E-state index in [4.69, 9.17) is 5.73 Å². The second-order valence-corrected chi connectivity index (χ2v) is 4.54. The Balaban J connectivity index is 2.54. The zero-order chi connectivity index (χ0) is 11.0. The summed E-state index contributed by atoms with van der Waals surface area (Å²) in [6.45, 7) is 1.90. The van der Waals surface area contributed by atoms with E-state index >= 15 is 0 Å². The van der Waals surface area contributed by atoms with Crippen molar-refractivity contribution in [1.82, 2.24) is 0 Å². The molecule has 0 unspecified atom stereocenters. The maximum absolute atomic E-state index is 13.0. The molecule has 1 aromatic carbocycles.